The molecule has 0 spiro atoms. The van der Waals surface area contributed by atoms with E-state index in [0.29, 0.717) is 6.04 Å². The van der Waals surface area contributed by atoms with E-state index in [4.69, 9.17) is 11.6 Å². The van der Waals surface area contributed by atoms with Gasteiger partial charge in [0.05, 0.1) is 5.02 Å². The van der Waals surface area contributed by atoms with Crippen molar-refractivity contribution in [1.82, 2.24) is 10.3 Å². The Balaban J connectivity index is 2.09. The van der Waals surface area contributed by atoms with Gasteiger partial charge >= 0.3 is 0 Å². The lowest BCUT2D eigenvalue weighted by molar-refractivity contribution is 0.433. The Morgan fingerprint density at radius 1 is 1.53 bits per heavy atom. The quantitative estimate of drug-likeness (QED) is 0.821. The molecule has 1 aliphatic rings. The highest BCUT2D eigenvalue weighted by Crippen LogP contribution is 2.30. The first kappa shape index (κ1) is 15.1. The molecule has 0 amide bonds. The van der Waals surface area contributed by atoms with Gasteiger partial charge in [0.25, 0.3) is 0 Å². The van der Waals surface area contributed by atoms with Crippen molar-refractivity contribution in [3.05, 3.63) is 21.8 Å². The van der Waals surface area contributed by atoms with Crippen molar-refractivity contribution in [3.63, 3.8) is 0 Å². The summed E-state index contributed by atoms with van der Waals surface area (Å²) in [5.41, 5.74) is 0. The van der Waals surface area contributed by atoms with Crippen molar-refractivity contribution in [2.24, 2.45) is 0 Å². The Morgan fingerprint density at radius 2 is 2.37 bits per heavy atom. The molecule has 0 radical (unpaired) electrons. The number of piperidine rings is 1. The van der Waals surface area contributed by atoms with Crippen molar-refractivity contribution in [1.29, 1.82) is 0 Å². The summed E-state index contributed by atoms with van der Waals surface area (Å²) in [5.74, 6) is 0.924. The van der Waals surface area contributed by atoms with E-state index in [-0.39, 0.29) is 0 Å². The van der Waals surface area contributed by atoms with Crippen LogP contribution in [0.1, 0.15) is 32.6 Å². The van der Waals surface area contributed by atoms with Gasteiger partial charge in [-0.1, -0.05) is 18.5 Å². The molecule has 19 heavy (non-hydrogen) atoms. The molecule has 1 aromatic rings. The van der Waals surface area contributed by atoms with E-state index in [0.717, 1.165) is 34.9 Å². The number of pyridine rings is 1. The zero-order valence-corrected chi connectivity index (χ0v) is 13.7. The van der Waals surface area contributed by atoms with Crippen LogP contribution in [0, 0.1) is 0 Å². The van der Waals surface area contributed by atoms with Gasteiger partial charge in [0.15, 0.2) is 0 Å². The van der Waals surface area contributed by atoms with Gasteiger partial charge in [-0.3, -0.25) is 0 Å². The SMILES string of the molecule is CCCNCC1CCCCN1c1ncc(Br)cc1Cl. The van der Waals surface area contributed by atoms with Crippen molar-refractivity contribution < 1.29 is 0 Å². The molecule has 0 bridgehead atoms. The van der Waals surface area contributed by atoms with Crippen LogP contribution < -0.4 is 10.2 Å². The van der Waals surface area contributed by atoms with Crippen LogP contribution in [0.5, 0.6) is 0 Å². The fourth-order valence-electron chi connectivity index (χ4n) is 2.56. The number of hydrogen-bond donors (Lipinski definition) is 1. The van der Waals surface area contributed by atoms with Crippen LogP contribution in [0.3, 0.4) is 0 Å². The second-order valence-electron chi connectivity index (χ2n) is 5.01. The molecular formula is C14H21BrClN3. The Labute approximate surface area is 128 Å². The van der Waals surface area contributed by atoms with Gasteiger partial charge in [0, 0.05) is 29.8 Å². The first-order valence-corrected chi connectivity index (χ1v) is 8.18. The van der Waals surface area contributed by atoms with Crippen molar-refractivity contribution in [2.75, 3.05) is 24.5 Å². The van der Waals surface area contributed by atoms with Crippen LogP contribution in [0.25, 0.3) is 0 Å². The summed E-state index contributed by atoms with van der Waals surface area (Å²) < 4.78 is 0.930. The lowest BCUT2D eigenvalue weighted by Crippen LogP contribution is -2.46. The Hall–Kier alpha value is -0.320. The largest absolute Gasteiger partial charge is 0.351 e. The Kier molecular flexibility index (Phi) is 5.92. The van der Waals surface area contributed by atoms with Crippen LogP contribution in [0.4, 0.5) is 5.82 Å². The first-order chi connectivity index (χ1) is 9.22. The number of anilines is 1. The number of aromatic nitrogens is 1. The molecule has 0 aromatic carbocycles. The molecule has 1 aliphatic heterocycles. The molecule has 1 fully saturated rings. The normalized spacial score (nSPS) is 19.7. The van der Waals surface area contributed by atoms with Gasteiger partial charge in [0.2, 0.25) is 0 Å². The average Bonchev–Trinajstić information content (AvgIpc) is 2.40. The fourth-order valence-corrected chi connectivity index (χ4v) is 3.29. The van der Waals surface area contributed by atoms with Crippen LogP contribution >= 0.6 is 27.5 Å². The second-order valence-corrected chi connectivity index (χ2v) is 6.33. The third kappa shape index (κ3) is 4.07. The van der Waals surface area contributed by atoms with Crippen molar-refractivity contribution in [3.8, 4) is 0 Å². The maximum atomic E-state index is 6.33. The van der Waals surface area contributed by atoms with Crippen molar-refractivity contribution in [2.45, 2.75) is 38.6 Å². The molecule has 1 atom stereocenters. The predicted octanol–water partition coefficient (Wildman–Crippen LogP) is 3.86. The zero-order valence-electron chi connectivity index (χ0n) is 11.3. The highest BCUT2D eigenvalue weighted by molar-refractivity contribution is 9.10. The first-order valence-electron chi connectivity index (χ1n) is 7.00. The Morgan fingerprint density at radius 3 is 3.11 bits per heavy atom. The fraction of sp³-hybridized carbons (Fsp3) is 0.643. The monoisotopic (exact) mass is 345 g/mol. The lowest BCUT2D eigenvalue weighted by Gasteiger charge is -2.37. The highest BCUT2D eigenvalue weighted by atomic mass is 79.9. The van der Waals surface area contributed by atoms with E-state index in [9.17, 15) is 0 Å². The topological polar surface area (TPSA) is 28.2 Å². The summed E-state index contributed by atoms with van der Waals surface area (Å²) in [6, 6.07) is 2.43. The molecule has 1 aromatic heterocycles. The van der Waals surface area contributed by atoms with E-state index < -0.39 is 0 Å². The van der Waals surface area contributed by atoms with Crippen LogP contribution in [0.2, 0.25) is 5.02 Å². The number of nitrogens with zero attached hydrogens (tertiary/aromatic N) is 2. The summed E-state index contributed by atoms with van der Waals surface area (Å²) >= 11 is 9.74. The second kappa shape index (κ2) is 7.46. The number of hydrogen-bond acceptors (Lipinski definition) is 3. The van der Waals surface area contributed by atoms with Gasteiger partial charge in [-0.2, -0.15) is 0 Å². The standard InChI is InChI=1S/C14H21BrClN3/c1-2-6-17-10-12-5-3-4-7-19(12)14-13(16)8-11(15)9-18-14/h8-9,12,17H,2-7,10H2,1H3. The lowest BCUT2D eigenvalue weighted by atomic mass is 10.0. The van der Waals surface area contributed by atoms with Gasteiger partial charge in [0.1, 0.15) is 5.82 Å². The number of nitrogens with one attached hydrogen (secondary N) is 1. The average molecular weight is 347 g/mol. The minimum absolute atomic E-state index is 0.506. The van der Waals surface area contributed by atoms with Gasteiger partial charge < -0.3 is 10.2 Å². The van der Waals surface area contributed by atoms with Gasteiger partial charge in [-0.15, -0.1) is 0 Å². The maximum Gasteiger partial charge on any atom is 0.147 e. The summed E-state index contributed by atoms with van der Waals surface area (Å²) in [6.07, 6.45) is 6.72. The minimum atomic E-state index is 0.506. The summed E-state index contributed by atoms with van der Waals surface area (Å²) in [5, 5.41) is 4.25. The highest BCUT2D eigenvalue weighted by Gasteiger charge is 2.24. The van der Waals surface area contributed by atoms with E-state index in [1.807, 2.05) is 12.3 Å². The molecule has 0 saturated carbocycles. The van der Waals surface area contributed by atoms with E-state index in [1.165, 1.54) is 25.7 Å². The minimum Gasteiger partial charge on any atom is -0.351 e. The predicted molar refractivity (Wildman–Crippen MR) is 85.1 cm³/mol. The summed E-state index contributed by atoms with van der Waals surface area (Å²) in [7, 11) is 0. The number of rotatable bonds is 5. The zero-order chi connectivity index (χ0) is 13.7. The molecule has 1 saturated heterocycles. The van der Waals surface area contributed by atoms with Gasteiger partial charge in [-0.05, 0) is 54.2 Å². The van der Waals surface area contributed by atoms with Crippen LogP contribution in [-0.4, -0.2) is 30.7 Å². The molecule has 0 aliphatic carbocycles. The molecule has 5 heteroatoms. The molecule has 2 rings (SSSR count). The Bertz CT molecular complexity index is 414. The van der Waals surface area contributed by atoms with Crippen LogP contribution in [0.15, 0.2) is 16.7 Å². The molecule has 2 heterocycles. The summed E-state index contributed by atoms with van der Waals surface area (Å²) in [6.45, 7) is 5.33. The van der Waals surface area contributed by atoms with Crippen LogP contribution in [-0.2, 0) is 0 Å². The molecular weight excluding hydrogens is 326 g/mol. The third-order valence-electron chi connectivity index (χ3n) is 3.49. The van der Waals surface area contributed by atoms with Crippen molar-refractivity contribution >= 4 is 33.3 Å². The van der Waals surface area contributed by atoms with E-state index >= 15 is 0 Å². The third-order valence-corrected chi connectivity index (χ3v) is 4.21. The molecule has 1 unspecified atom stereocenters. The molecule has 3 nitrogen and oxygen atoms in total. The molecule has 106 valence electrons. The maximum absolute atomic E-state index is 6.33. The number of halogens is 2. The molecule has 1 N–H and O–H groups in total. The van der Waals surface area contributed by atoms with Gasteiger partial charge in [-0.25, -0.2) is 4.98 Å². The van der Waals surface area contributed by atoms with E-state index in [1.54, 1.807) is 0 Å². The smallest absolute Gasteiger partial charge is 0.147 e. The summed E-state index contributed by atoms with van der Waals surface area (Å²) in [4.78, 5) is 6.86. The van der Waals surface area contributed by atoms with E-state index in [2.05, 4.69) is 38.1 Å².